The third-order valence-electron chi connectivity index (χ3n) is 6.38. The van der Waals surface area contributed by atoms with E-state index in [-0.39, 0.29) is 0 Å². The van der Waals surface area contributed by atoms with Crippen molar-refractivity contribution in [3.63, 3.8) is 0 Å². The van der Waals surface area contributed by atoms with Gasteiger partial charge in [-0.05, 0) is 42.7 Å². The van der Waals surface area contributed by atoms with Gasteiger partial charge in [0, 0.05) is 23.6 Å². The quantitative estimate of drug-likeness (QED) is 0.248. The summed E-state index contributed by atoms with van der Waals surface area (Å²) in [6.45, 7) is 5.16. The molecule has 2 heterocycles. The molecule has 0 spiro atoms. The number of rotatable bonds is 10. The van der Waals surface area contributed by atoms with E-state index in [4.69, 9.17) is 16.6 Å². The summed E-state index contributed by atoms with van der Waals surface area (Å²) in [4.78, 5) is 4.83. The average molecular weight is 459 g/mol. The summed E-state index contributed by atoms with van der Waals surface area (Å²) in [6.07, 6.45) is 8.14. The maximum Gasteiger partial charge on any atom is 0.157 e. The highest BCUT2D eigenvalue weighted by Gasteiger charge is 2.21. The number of nitriles is 1. The van der Waals surface area contributed by atoms with Gasteiger partial charge in [-0.3, -0.25) is 4.40 Å². The summed E-state index contributed by atoms with van der Waals surface area (Å²) >= 11 is 6.53. The molecule has 0 aliphatic heterocycles. The van der Waals surface area contributed by atoms with Crippen LogP contribution in [0.2, 0.25) is 5.02 Å². The molecule has 0 atom stereocenters. The molecule has 0 radical (unpaired) electrons. The zero-order valence-electron chi connectivity index (χ0n) is 19.5. The number of hydrogen-bond acceptors (Lipinski definition) is 3. The second kappa shape index (κ2) is 10.7. The van der Waals surface area contributed by atoms with Crippen molar-refractivity contribution < 1.29 is 0 Å². The Hall–Kier alpha value is -3.03. The van der Waals surface area contributed by atoms with E-state index in [0.717, 1.165) is 51.5 Å². The minimum absolute atomic E-state index is 0.623. The Bertz CT molecular complexity index is 1300. The molecule has 0 unspecified atom stereocenters. The molecule has 170 valence electrons. The highest BCUT2D eigenvalue weighted by atomic mass is 35.5. The van der Waals surface area contributed by atoms with Crippen molar-refractivity contribution in [2.24, 2.45) is 0 Å². The van der Waals surface area contributed by atoms with Crippen LogP contribution < -0.4 is 5.32 Å². The fourth-order valence-corrected chi connectivity index (χ4v) is 4.73. The summed E-state index contributed by atoms with van der Waals surface area (Å²) in [5.41, 5.74) is 6.35. The smallest absolute Gasteiger partial charge is 0.157 e. The first kappa shape index (κ1) is 23.1. The molecule has 2 aromatic heterocycles. The number of hydrogen-bond donors (Lipinski definition) is 1. The van der Waals surface area contributed by atoms with Crippen LogP contribution in [0.1, 0.15) is 67.7 Å². The van der Waals surface area contributed by atoms with Gasteiger partial charge in [0.05, 0.1) is 16.6 Å². The van der Waals surface area contributed by atoms with Gasteiger partial charge in [0.2, 0.25) is 0 Å². The summed E-state index contributed by atoms with van der Waals surface area (Å²) in [5, 5.41) is 14.5. The van der Waals surface area contributed by atoms with Gasteiger partial charge in [0.15, 0.2) is 5.65 Å². The van der Waals surface area contributed by atoms with Gasteiger partial charge >= 0.3 is 0 Å². The zero-order valence-corrected chi connectivity index (χ0v) is 20.3. The van der Waals surface area contributed by atoms with Crippen molar-refractivity contribution in [3.8, 4) is 6.07 Å². The van der Waals surface area contributed by atoms with Crippen molar-refractivity contribution >= 4 is 34.1 Å². The second-order valence-corrected chi connectivity index (χ2v) is 9.07. The molecule has 0 saturated heterocycles. The second-order valence-electron chi connectivity index (χ2n) is 8.66. The predicted octanol–water partition coefficient (Wildman–Crippen LogP) is 7.68. The van der Waals surface area contributed by atoms with Crippen molar-refractivity contribution in [2.75, 3.05) is 11.9 Å². The van der Waals surface area contributed by atoms with Crippen LogP contribution in [0.25, 0.3) is 16.7 Å². The highest BCUT2D eigenvalue weighted by Crippen LogP contribution is 2.33. The maximum absolute atomic E-state index is 10.0. The number of pyridine rings is 1. The number of aromatic nitrogens is 2. The molecule has 0 fully saturated rings. The summed E-state index contributed by atoms with van der Waals surface area (Å²) < 4.78 is 2.13. The fraction of sp³-hybridized carbons (Fsp3) is 0.357. The van der Waals surface area contributed by atoms with Crippen molar-refractivity contribution in [1.82, 2.24) is 9.38 Å². The molecule has 4 nitrogen and oxygen atoms in total. The third kappa shape index (κ3) is 4.84. The van der Waals surface area contributed by atoms with Crippen LogP contribution in [0, 0.1) is 18.3 Å². The number of anilines is 1. The van der Waals surface area contributed by atoms with E-state index in [1.165, 1.54) is 32.1 Å². The molecule has 33 heavy (non-hydrogen) atoms. The number of fused-ring (bicyclic) bond motifs is 3. The molecular weight excluding hydrogens is 428 g/mol. The largest absolute Gasteiger partial charge is 0.371 e. The maximum atomic E-state index is 10.0. The first-order chi connectivity index (χ1) is 16.2. The number of para-hydroxylation sites is 2. The average Bonchev–Trinajstić information content (AvgIpc) is 3.20. The number of benzene rings is 2. The third-order valence-corrected chi connectivity index (χ3v) is 6.75. The number of nitrogens with zero attached hydrogens (tertiary/aromatic N) is 3. The summed E-state index contributed by atoms with van der Waals surface area (Å²) in [5.74, 6) is 1.02. The van der Waals surface area contributed by atoms with Crippen LogP contribution >= 0.6 is 11.6 Å². The zero-order chi connectivity index (χ0) is 23.2. The van der Waals surface area contributed by atoms with Gasteiger partial charge in [-0.2, -0.15) is 5.26 Å². The molecule has 5 heteroatoms. The Labute approximate surface area is 201 Å². The van der Waals surface area contributed by atoms with Gasteiger partial charge in [0.25, 0.3) is 0 Å². The highest BCUT2D eigenvalue weighted by molar-refractivity contribution is 6.31. The minimum atomic E-state index is 0.623. The predicted molar refractivity (Wildman–Crippen MR) is 138 cm³/mol. The first-order valence-corrected chi connectivity index (χ1v) is 12.3. The standard InChI is InChI=1S/C28H31ClN4/c1-3-4-5-6-7-12-17-31-27-22(18-21-13-8-9-14-24(21)29)20(2)23(19-30)28-32-25-15-10-11-16-26(25)33(27)28/h8-11,13-16,31H,3-7,12,17-18H2,1-2H3. The number of nitrogens with one attached hydrogen (secondary N) is 1. The number of imidazole rings is 1. The van der Waals surface area contributed by atoms with Gasteiger partial charge < -0.3 is 5.32 Å². The number of halogens is 1. The van der Waals surface area contributed by atoms with Gasteiger partial charge in [0.1, 0.15) is 11.9 Å². The van der Waals surface area contributed by atoms with E-state index in [1.54, 1.807) is 0 Å². The topological polar surface area (TPSA) is 53.1 Å². The lowest BCUT2D eigenvalue weighted by Gasteiger charge is -2.19. The Morgan fingerprint density at radius 3 is 2.52 bits per heavy atom. The molecule has 4 rings (SSSR count). The molecule has 1 N–H and O–H groups in total. The van der Waals surface area contributed by atoms with Crippen LogP contribution in [0.15, 0.2) is 48.5 Å². The van der Waals surface area contributed by atoms with Crippen molar-refractivity contribution in [2.45, 2.75) is 58.8 Å². The Morgan fingerprint density at radius 2 is 1.73 bits per heavy atom. The lowest BCUT2D eigenvalue weighted by Crippen LogP contribution is -2.13. The van der Waals surface area contributed by atoms with Crippen LogP contribution in [0.5, 0.6) is 0 Å². The molecule has 2 aromatic carbocycles. The molecule has 4 aromatic rings. The van der Waals surface area contributed by atoms with Crippen molar-refractivity contribution in [3.05, 3.63) is 75.8 Å². The normalized spacial score (nSPS) is 11.2. The SMILES string of the molecule is CCCCCCCCNc1c(Cc2ccccc2Cl)c(C)c(C#N)c2nc3ccccc3n12. The first-order valence-electron chi connectivity index (χ1n) is 12.0. The molecule has 0 aliphatic carbocycles. The summed E-state index contributed by atoms with van der Waals surface area (Å²) in [7, 11) is 0. The van der Waals surface area contributed by atoms with E-state index in [9.17, 15) is 5.26 Å². The Kier molecular flexibility index (Phi) is 7.52. The van der Waals surface area contributed by atoms with Crippen LogP contribution in [-0.2, 0) is 6.42 Å². The minimum Gasteiger partial charge on any atom is -0.371 e. The van der Waals surface area contributed by atoms with E-state index in [2.05, 4.69) is 34.8 Å². The van der Waals surface area contributed by atoms with Crippen molar-refractivity contribution in [1.29, 1.82) is 5.26 Å². The Balaban J connectivity index is 1.79. The van der Waals surface area contributed by atoms with E-state index in [0.29, 0.717) is 17.6 Å². The van der Waals surface area contributed by atoms with Crippen LogP contribution in [0.3, 0.4) is 0 Å². The lowest BCUT2D eigenvalue weighted by atomic mass is 9.97. The molecule has 0 bridgehead atoms. The van der Waals surface area contributed by atoms with Gasteiger partial charge in [-0.25, -0.2) is 4.98 Å². The molecular formula is C28H31ClN4. The lowest BCUT2D eigenvalue weighted by molar-refractivity contribution is 0.616. The fourth-order valence-electron chi connectivity index (χ4n) is 4.53. The number of unbranched alkanes of at least 4 members (excludes halogenated alkanes) is 5. The van der Waals surface area contributed by atoms with Gasteiger partial charge in [-0.1, -0.05) is 81.0 Å². The van der Waals surface area contributed by atoms with Gasteiger partial charge in [-0.15, -0.1) is 0 Å². The van der Waals surface area contributed by atoms with E-state index in [1.807, 2.05) is 43.3 Å². The van der Waals surface area contributed by atoms with E-state index >= 15 is 0 Å². The summed E-state index contributed by atoms with van der Waals surface area (Å²) in [6, 6.07) is 18.4. The molecule has 0 amide bonds. The van der Waals surface area contributed by atoms with E-state index < -0.39 is 0 Å². The Morgan fingerprint density at radius 1 is 1.00 bits per heavy atom. The molecule has 0 saturated carbocycles. The molecule has 0 aliphatic rings. The van der Waals surface area contributed by atoms with Crippen LogP contribution in [0.4, 0.5) is 5.82 Å². The van der Waals surface area contributed by atoms with Crippen LogP contribution in [-0.4, -0.2) is 15.9 Å². The monoisotopic (exact) mass is 458 g/mol.